The molecule has 0 bridgehead atoms. The summed E-state index contributed by atoms with van der Waals surface area (Å²) in [5, 5.41) is 3.21. The van der Waals surface area contributed by atoms with Crippen LogP contribution >= 0.6 is 0 Å². The second-order valence-electron chi connectivity index (χ2n) is 7.27. The minimum absolute atomic E-state index is 0.0692. The average Bonchev–Trinajstić information content (AvgIpc) is 3.09. The maximum Gasteiger partial charge on any atom is 0.251 e. The van der Waals surface area contributed by atoms with Crippen molar-refractivity contribution in [3.63, 3.8) is 0 Å². The van der Waals surface area contributed by atoms with Crippen LogP contribution in [-0.2, 0) is 19.9 Å². The third-order valence-electron chi connectivity index (χ3n) is 5.40. The van der Waals surface area contributed by atoms with Crippen molar-refractivity contribution >= 4 is 16.9 Å². The second-order valence-corrected chi connectivity index (χ2v) is 7.27. The van der Waals surface area contributed by atoms with Gasteiger partial charge in [0.05, 0.1) is 17.1 Å². The average molecular weight is 383 g/mol. The molecule has 0 aliphatic rings. The normalized spacial score (nSPS) is 12.1. The smallest absolute Gasteiger partial charge is 0.251 e. The van der Waals surface area contributed by atoms with Gasteiger partial charge in [0.15, 0.2) is 0 Å². The zero-order valence-electron chi connectivity index (χ0n) is 16.8. The Morgan fingerprint density at radius 3 is 2.34 bits per heavy atom. The first kappa shape index (κ1) is 18.9. The number of rotatable bonds is 6. The number of hydrogen-bond donors (Lipinski definition) is 1. The summed E-state index contributed by atoms with van der Waals surface area (Å²) < 4.78 is 2.10. The van der Waals surface area contributed by atoms with Crippen LogP contribution in [0.5, 0.6) is 0 Å². The molecule has 0 unspecified atom stereocenters. The molecule has 4 nitrogen and oxygen atoms in total. The predicted molar refractivity (Wildman–Crippen MR) is 117 cm³/mol. The van der Waals surface area contributed by atoms with Gasteiger partial charge >= 0.3 is 0 Å². The first-order valence-corrected chi connectivity index (χ1v) is 10.0. The summed E-state index contributed by atoms with van der Waals surface area (Å²) in [6.45, 7) is 2.11. The summed E-state index contributed by atoms with van der Waals surface area (Å²) in [6, 6.07) is 25.8. The molecule has 4 aromatic rings. The van der Waals surface area contributed by atoms with Crippen LogP contribution in [0.4, 0.5) is 0 Å². The highest BCUT2D eigenvalue weighted by Crippen LogP contribution is 2.22. The number of aromatic nitrogens is 2. The molecular weight excluding hydrogens is 358 g/mol. The van der Waals surface area contributed by atoms with E-state index >= 15 is 0 Å². The van der Waals surface area contributed by atoms with Gasteiger partial charge in [-0.3, -0.25) is 4.79 Å². The van der Waals surface area contributed by atoms with E-state index in [1.165, 1.54) is 5.56 Å². The second kappa shape index (κ2) is 8.31. The van der Waals surface area contributed by atoms with Crippen LogP contribution in [0.15, 0.2) is 78.9 Å². The van der Waals surface area contributed by atoms with Crippen LogP contribution in [0.2, 0.25) is 0 Å². The van der Waals surface area contributed by atoms with Gasteiger partial charge in [-0.25, -0.2) is 4.98 Å². The Morgan fingerprint density at radius 1 is 0.966 bits per heavy atom. The molecule has 0 aliphatic heterocycles. The van der Waals surface area contributed by atoms with E-state index in [2.05, 4.69) is 22.9 Å². The van der Waals surface area contributed by atoms with E-state index < -0.39 is 0 Å². The van der Waals surface area contributed by atoms with E-state index in [9.17, 15) is 4.79 Å². The van der Waals surface area contributed by atoms with Gasteiger partial charge in [-0.15, -0.1) is 0 Å². The lowest BCUT2D eigenvalue weighted by Gasteiger charge is -2.19. The third kappa shape index (κ3) is 4.06. The van der Waals surface area contributed by atoms with Gasteiger partial charge < -0.3 is 9.88 Å². The Labute approximate surface area is 171 Å². The minimum Gasteiger partial charge on any atom is -0.345 e. The Balaban J connectivity index is 1.62. The van der Waals surface area contributed by atoms with E-state index in [1.807, 2.05) is 79.8 Å². The number of carbonyl (C=O) groups is 1. The maximum atomic E-state index is 12.9. The first-order valence-electron chi connectivity index (χ1n) is 10.0. The SMILES string of the molecule is CCc1ccc(C(=O)N[C@H](Cc2nc3ccccc3n2C)c2ccccc2)cc1. The van der Waals surface area contributed by atoms with E-state index in [-0.39, 0.29) is 11.9 Å². The summed E-state index contributed by atoms with van der Waals surface area (Å²) in [6.07, 6.45) is 1.58. The van der Waals surface area contributed by atoms with Gasteiger partial charge in [0, 0.05) is 19.0 Å². The number of hydrogen-bond acceptors (Lipinski definition) is 2. The van der Waals surface area contributed by atoms with E-state index in [1.54, 1.807) is 0 Å². The van der Waals surface area contributed by atoms with Crippen LogP contribution < -0.4 is 5.32 Å². The van der Waals surface area contributed by atoms with Crippen molar-refractivity contribution in [1.82, 2.24) is 14.9 Å². The van der Waals surface area contributed by atoms with Crippen molar-refractivity contribution in [3.8, 4) is 0 Å². The van der Waals surface area contributed by atoms with Crippen LogP contribution in [0.3, 0.4) is 0 Å². The van der Waals surface area contributed by atoms with Crippen molar-refractivity contribution in [3.05, 3.63) is 101 Å². The fourth-order valence-electron chi connectivity index (χ4n) is 3.63. The van der Waals surface area contributed by atoms with Gasteiger partial charge in [-0.2, -0.15) is 0 Å². The fourth-order valence-corrected chi connectivity index (χ4v) is 3.63. The Hall–Kier alpha value is -3.40. The largest absolute Gasteiger partial charge is 0.345 e. The monoisotopic (exact) mass is 383 g/mol. The highest BCUT2D eigenvalue weighted by atomic mass is 16.1. The highest BCUT2D eigenvalue weighted by Gasteiger charge is 2.19. The van der Waals surface area contributed by atoms with Crippen molar-refractivity contribution in [2.75, 3.05) is 0 Å². The quantitative estimate of drug-likeness (QED) is 0.517. The summed E-state index contributed by atoms with van der Waals surface area (Å²) in [7, 11) is 2.03. The summed E-state index contributed by atoms with van der Waals surface area (Å²) in [5.74, 6) is 0.877. The molecule has 1 atom stereocenters. The number of aryl methyl sites for hydroxylation is 2. The predicted octanol–water partition coefficient (Wildman–Crippen LogP) is 4.85. The number of nitrogens with zero attached hydrogens (tertiary/aromatic N) is 2. The van der Waals surface area contributed by atoms with Gasteiger partial charge in [-0.1, -0.05) is 61.5 Å². The van der Waals surface area contributed by atoms with Gasteiger partial charge in [0.1, 0.15) is 5.82 Å². The zero-order chi connectivity index (χ0) is 20.2. The molecule has 0 radical (unpaired) electrons. The first-order chi connectivity index (χ1) is 14.2. The fraction of sp³-hybridized carbons (Fsp3) is 0.200. The summed E-state index contributed by atoms with van der Waals surface area (Å²) in [4.78, 5) is 17.7. The van der Waals surface area contributed by atoms with E-state index in [0.29, 0.717) is 12.0 Å². The number of amides is 1. The topological polar surface area (TPSA) is 46.9 Å². The molecule has 1 heterocycles. The Morgan fingerprint density at radius 2 is 1.66 bits per heavy atom. The Kier molecular flexibility index (Phi) is 5.43. The molecule has 0 saturated heterocycles. The lowest BCUT2D eigenvalue weighted by molar-refractivity contribution is 0.0936. The third-order valence-corrected chi connectivity index (χ3v) is 5.40. The molecular formula is C25H25N3O. The summed E-state index contributed by atoms with van der Waals surface area (Å²) >= 11 is 0. The molecule has 0 saturated carbocycles. The molecule has 29 heavy (non-hydrogen) atoms. The van der Waals surface area contributed by atoms with E-state index in [0.717, 1.165) is 28.8 Å². The number of benzene rings is 3. The molecule has 146 valence electrons. The summed E-state index contributed by atoms with van der Waals surface area (Å²) in [5.41, 5.74) is 5.03. The lowest BCUT2D eigenvalue weighted by atomic mass is 10.0. The number of imidazole rings is 1. The standard InChI is InChI=1S/C25H25N3O/c1-3-18-13-15-20(16-14-18)25(29)27-22(19-9-5-4-6-10-19)17-24-26-21-11-7-8-12-23(21)28(24)2/h4-16,22H,3,17H2,1-2H3,(H,27,29)/t22-/m1/s1. The number of fused-ring (bicyclic) bond motifs is 1. The molecule has 0 fully saturated rings. The molecule has 1 amide bonds. The molecule has 3 aromatic carbocycles. The zero-order valence-corrected chi connectivity index (χ0v) is 16.8. The van der Waals surface area contributed by atoms with Crippen LogP contribution in [0.1, 0.15) is 40.3 Å². The Bertz CT molecular complexity index is 1110. The van der Waals surface area contributed by atoms with E-state index in [4.69, 9.17) is 4.98 Å². The van der Waals surface area contributed by atoms with Gasteiger partial charge in [0.2, 0.25) is 0 Å². The molecule has 4 rings (SSSR count). The molecule has 4 heteroatoms. The number of carbonyl (C=O) groups excluding carboxylic acids is 1. The highest BCUT2D eigenvalue weighted by molar-refractivity contribution is 5.94. The minimum atomic E-state index is -0.162. The molecule has 1 N–H and O–H groups in total. The van der Waals surface area contributed by atoms with Crippen LogP contribution in [0, 0.1) is 0 Å². The van der Waals surface area contributed by atoms with Crippen molar-refractivity contribution < 1.29 is 4.79 Å². The number of para-hydroxylation sites is 2. The van der Waals surface area contributed by atoms with Crippen molar-refractivity contribution in [2.45, 2.75) is 25.8 Å². The van der Waals surface area contributed by atoms with Gasteiger partial charge in [0.25, 0.3) is 5.91 Å². The molecule has 0 spiro atoms. The van der Waals surface area contributed by atoms with Crippen LogP contribution in [0.25, 0.3) is 11.0 Å². The molecule has 0 aliphatic carbocycles. The van der Waals surface area contributed by atoms with Crippen LogP contribution in [-0.4, -0.2) is 15.5 Å². The van der Waals surface area contributed by atoms with Crippen molar-refractivity contribution in [2.24, 2.45) is 7.05 Å². The lowest BCUT2D eigenvalue weighted by Crippen LogP contribution is -2.30. The van der Waals surface area contributed by atoms with Gasteiger partial charge in [-0.05, 0) is 41.8 Å². The molecule has 1 aromatic heterocycles. The maximum absolute atomic E-state index is 12.9. The number of nitrogens with one attached hydrogen (secondary N) is 1. The van der Waals surface area contributed by atoms with Crippen molar-refractivity contribution in [1.29, 1.82) is 0 Å².